The minimum absolute atomic E-state index is 0.0558. The molecule has 1 aromatic carbocycles. The van der Waals surface area contributed by atoms with Gasteiger partial charge in [0.25, 0.3) is 0 Å². The lowest BCUT2D eigenvalue weighted by atomic mass is 9.99. The molecular formula is C14H12ClNOS. The quantitative estimate of drug-likeness (QED) is 0.841. The number of nitrogens with one attached hydrogen (secondary N) is 1. The summed E-state index contributed by atoms with van der Waals surface area (Å²) in [5.41, 5.74) is 3.13. The molecule has 0 saturated carbocycles. The minimum atomic E-state index is 0.0558. The number of ketones is 1. The average Bonchev–Trinajstić information content (AvgIpc) is 2.84. The Labute approximate surface area is 115 Å². The number of aryl methyl sites for hydroxylation is 1. The smallest absolute Gasteiger partial charge is 0.203 e. The van der Waals surface area contributed by atoms with Gasteiger partial charge in [-0.05, 0) is 48.7 Å². The van der Waals surface area contributed by atoms with E-state index in [4.69, 9.17) is 11.6 Å². The van der Waals surface area contributed by atoms with Gasteiger partial charge in [-0.1, -0.05) is 11.6 Å². The Bertz CT molecular complexity index is 606. The topological polar surface area (TPSA) is 29.1 Å². The third kappa shape index (κ3) is 2.16. The number of hydrogen-bond acceptors (Lipinski definition) is 3. The van der Waals surface area contributed by atoms with E-state index >= 15 is 0 Å². The van der Waals surface area contributed by atoms with E-state index in [2.05, 4.69) is 5.32 Å². The molecule has 3 rings (SSSR count). The van der Waals surface area contributed by atoms with Gasteiger partial charge >= 0.3 is 0 Å². The first kappa shape index (κ1) is 11.8. The van der Waals surface area contributed by atoms with Gasteiger partial charge in [0.1, 0.15) is 0 Å². The first-order valence-electron chi connectivity index (χ1n) is 5.91. The molecule has 1 aromatic heterocycles. The summed E-state index contributed by atoms with van der Waals surface area (Å²) in [6.45, 7) is 1.01. The van der Waals surface area contributed by atoms with Crippen LogP contribution < -0.4 is 5.32 Å². The van der Waals surface area contributed by atoms with E-state index in [0.717, 1.165) is 30.6 Å². The van der Waals surface area contributed by atoms with Crippen molar-refractivity contribution in [1.82, 2.24) is 0 Å². The molecule has 0 atom stereocenters. The highest BCUT2D eigenvalue weighted by atomic mass is 35.5. The zero-order chi connectivity index (χ0) is 12.5. The maximum atomic E-state index is 12.3. The van der Waals surface area contributed by atoms with Gasteiger partial charge in [0, 0.05) is 17.8 Å². The summed E-state index contributed by atoms with van der Waals surface area (Å²) in [6, 6.07) is 9.42. The van der Waals surface area contributed by atoms with Crippen molar-refractivity contribution in [1.29, 1.82) is 0 Å². The van der Waals surface area contributed by atoms with E-state index in [-0.39, 0.29) is 5.78 Å². The number of thiophene rings is 1. The van der Waals surface area contributed by atoms with Gasteiger partial charge in [-0.25, -0.2) is 0 Å². The molecular weight excluding hydrogens is 266 g/mol. The predicted octanol–water partition coefficient (Wildman–Crippen LogP) is 3.99. The second kappa shape index (κ2) is 4.75. The van der Waals surface area contributed by atoms with E-state index in [1.165, 1.54) is 16.9 Å². The van der Waals surface area contributed by atoms with Crippen LogP contribution in [0.3, 0.4) is 0 Å². The van der Waals surface area contributed by atoms with Gasteiger partial charge < -0.3 is 5.32 Å². The second-order valence-electron chi connectivity index (χ2n) is 4.34. The normalized spacial score (nSPS) is 13.8. The van der Waals surface area contributed by atoms with Crippen molar-refractivity contribution in [3.8, 4) is 0 Å². The van der Waals surface area contributed by atoms with E-state index in [1.54, 1.807) is 12.1 Å². The molecule has 2 aromatic rings. The fraction of sp³-hybridized carbons (Fsp3) is 0.214. The van der Waals surface area contributed by atoms with Gasteiger partial charge in [0.15, 0.2) is 0 Å². The van der Waals surface area contributed by atoms with Crippen LogP contribution in [0.2, 0.25) is 4.34 Å². The molecule has 1 N–H and O–H groups in total. The number of hydrogen-bond donors (Lipinski definition) is 1. The van der Waals surface area contributed by atoms with Crippen LogP contribution in [0.5, 0.6) is 0 Å². The Kier molecular flexibility index (Phi) is 3.10. The fourth-order valence-corrected chi connectivity index (χ4v) is 3.20. The lowest BCUT2D eigenvalue weighted by molar-refractivity contribution is 0.104. The molecule has 18 heavy (non-hydrogen) atoms. The number of carbonyl (C=O) groups is 1. The molecule has 4 heteroatoms. The van der Waals surface area contributed by atoms with Crippen LogP contribution in [0.1, 0.15) is 27.2 Å². The lowest BCUT2D eigenvalue weighted by Crippen LogP contribution is -2.12. The van der Waals surface area contributed by atoms with E-state index < -0.39 is 0 Å². The molecule has 0 aliphatic carbocycles. The lowest BCUT2D eigenvalue weighted by Gasteiger charge is -2.18. The number of halogens is 1. The maximum Gasteiger partial charge on any atom is 0.203 e. The van der Waals surface area contributed by atoms with Gasteiger partial charge in [0.05, 0.1) is 9.21 Å². The van der Waals surface area contributed by atoms with Crippen molar-refractivity contribution in [3.05, 3.63) is 50.7 Å². The minimum Gasteiger partial charge on any atom is -0.385 e. The molecule has 0 radical (unpaired) electrons. The molecule has 0 saturated heterocycles. The molecule has 2 heterocycles. The number of carbonyl (C=O) groups excluding carboxylic acids is 1. The maximum absolute atomic E-state index is 12.3. The van der Waals surface area contributed by atoms with Crippen LogP contribution in [-0.2, 0) is 6.42 Å². The third-order valence-corrected chi connectivity index (χ3v) is 4.33. The van der Waals surface area contributed by atoms with Crippen molar-refractivity contribution in [2.45, 2.75) is 12.8 Å². The molecule has 92 valence electrons. The predicted molar refractivity (Wildman–Crippen MR) is 76.0 cm³/mol. The summed E-state index contributed by atoms with van der Waals surface area (Å²) in [4.78, 5) is 13.0. The summed E-state index contributed by atoms with van der Waals surface area (Å²) in [5, 5.41) is 3.34. The zero-order valence-electron chi connectivity index (χ0n) is 9.70. The van der Waals surface area contributed by atoms with Crippen LogP contribution in [0.15, 0.2) is 30.3 Å². The summed E-state index contributed by atoms with van der Waals surface area (Å²) in [5.74, 6) is 0.0558. The summed E-state index contributed by atoms with van der Waals surface area (Å²) < 4.78 is 0.651. The first-order valence-corrected chi connectivity index (χ1v) is 7.10. The highest BCUT2D eigenvalue weighted by Gasteiger charge is 2.15. The van der Waals surface area contributed by atoms with Crippen LogP contribution >= 0.6 is 22.9 Å². The van der Waals surface area contributed by atoms with E-state index in [9.17, 15) is 4.79 Å². The number of anilines is 1. The molecule has 0 bridgehead atoms. The number of fused-ring (bicyclic) bond motifs is 1. The molecule has 0 fully saturated rings. The fourth-order valence-electron chi connectivity index (χ4n) is 2.19. The second-order valence-corrected chi connectivity index (χ2v) is 6.05. The first-order chi connectivity index (χ1) is 8.74. The van der Waals surface area contributed by atoms with Gasteiger partial charge in [-0.2, -0.15) is 0 Å². The summed E-state index contributed by atoms with van der Waals surface area (Å²) >= 11 is 7.19. The van der Waals surface area contributed by atoms with Crippen molar-refractivity contribution >= 4 is 34.4 Å². The summed E-state index contributed by atoms with van der Waals surface area (Å²) in [7, 11) is 0. The Morgan fingerprint density at radius 1 is 1.28 bits per heavy atom. The highest BCUT2D eigenvalue weighted by Crippen LogP contribution is 2.27. The summed E-state index contributed by atoms with van der Waals surface area (Å²) in [6.07, 6.45) is 2.16. The van der Waals surface area contributed by atoms with Gasteiger partial charge in [-0.3, -0.25) is 4.79 Å². The SMILES string of the molecule is O=C(c1ccc2c(c1)CCCN2)c1ccc(Cl)s1. The number of rotatable bonds is 2. The van der Waals surface area contributed by atoms with Crippen molar-refractivity contribution in [2.24, 2.45) is 0 Å². The van der Waals surface area contributed by atoms with Crippen LogP contribution in [-0.4, -0.2) is 12.3 Å². The Morgan fingerprint density at radius 3 is 2.94 bits per heavy atom. The zero-order valence-corrected chi connectivity index (χ0v) is 11.3. The monoisotopic (exact) mass is 277 g/mol. The van der Waals surface area contributed by atoms with Crippen molar-refractivity contribution in [2.75, 3.05) is 11.9 Å². The van der Waals surface area contributed by atoms with Gasteiger partial charge in [0.2, 0.25) is 5.78 Å². The molecule has 2 nitrogen and oxygen atoms in total. The molecule has 1 aliphatic rings. The molecule has 0 unspecified atom stereocenters. The molecule has 0 spiro atoms. The van der Waals surface area contributed by atoms with Crippen molar-refractivity contribution < 1.29 is 4.79 Å². The third-order valence-electron chi connectivity index (χ3n) is 3.10. The highest BCUT2D eigenvalue weighted by molar-refractivity contribution is 7.18. The molecule has 1 aliphatic heterocycles. The Balaban J connectivity index is 1.95. The Hall–Kier alpha value is -1.32. The number of benzene rings is 1. The van der Waals surface area contributed by atoms with E-state index in [0.29, 0.717) is 9.21 Å². The Morgan fingerprint density at radius 2 is 2.17 bits per heavy atom. The van der Waals surface area contributed by atoms with E-state index in [1.807, 2.05) is 18.2 Å². The largest absolute Gasteiger partial charge is 0.385 e. The average molecular weight is 278 g/mol. The van der Waals surface area contributed by atoms with Gasteiger partial charge in [-0.15, -0.1) is 11.3 Å². The van der Waals surface area contributed by atoms with Crippen LogP contribution in [0.25, 0.3) is 0 Å². The van der Waals surface area contributed by atoms with Crippen molar-refractivity contribution in [3.63, 3.8) is 0 Å². The standard InChI is InChI=1S/C14H12ClNOS/c15-13-6-5-12(18-13)14(17)10-3-4-11-9(8-10)2-1-7-16-11/h3-6,8,16H,1-2,7H2. The van der Waals surface area contributed by atoms with Crippen LogP contribution in [0, 0.1) is 0 Å². The molecule has 0 amide bonds. The van der Waals surface area contributed by atoms with Crippen LogP contribution in [0.4, 0.5) is 5.69 Å².